The molecule has 0 spiro atoms. The van der Waals surface area contributed by atoms with E-state index in [9.17, 15) is 27.9 Å². The molecule has 5 rings (SSSR count). The van der Waals surface area contributed by atoms with E-state index in [0.29, 0.717) is 37.8 Å². The number of hydrogen-bond acceptors (Lipinski definition) is 6. The van der Waals surface area contributed by atoms with Crippen molar-refractivity contribution in [1.82, 2.24) is 14.5 Å². The molecule has 0 saturated heterocycles. The summed E-state index contributed by atoms with van der Waals surface area (Å²) in [5.41, 5.74) is 1.03. The number of ether oxygens (including phenoxy) is 1. The number of carboxylic acids is 1. The standard InChI is InChI=1S/C27H19ClF3N3O4S/c1-13-9-19(24-23(32-13)20(12-39-24)26(36)37)18-11-16(28)4-6-22(18)38-8-7-34-14(2)33-21-10-15(27(29,30)31)3-5-17(21)25(34)35/h3-6,9-12H,7-8H2,1-2H3,(H,36,37). The maximum Gasteiger partial charge on any atom is 0.416 e. The zero-order chi connectivity index (χ0) is 28.1. The Kier molecular flexibility index (Phi) is 6.81. The molecule has 3 aromatic heterocycles. The molecular formula is C27H19ClF3N3O4S. The molecule has 0 bridgehead atoms. The molecule has 7 nitrogen and oxygen atoms in total. The molecule has 0 atom stereocenters. The number of nitrogens with zero attached hydrogens (tertiary/aromatic N) is 3. The number of carbonyl (C=O) groups is 1. The first kappa shape index (κ1) is 26.6. The van der Waals surface area contributed by atoms with Crippen LogP contribution in [-0.4, -0.2) is 32.2 Å². The molecule has 0 aliphatic rings. The van der Waals surface area contributed by atoms with Crippen molar-refractivity contribution in [2.24, 2.45) is 0 Å². The molecule has 0 saturated carbocycles. The third-order valence-corrected chi connectivity index (χ3v) is 7.40. The van der Waals surface area contributed by atoms with E-state index < -0.39 is 23.3 Å². The molecule has 5 aromatic rings. The van der Waals surface area contributed by atoms with Gasteiger partial charge in [0.05, 0.1) is 38.8 Å². The van der Waals surface area contributed by atoms with E-state index >= 15 is 0 Å². The van der Waals surface area contributed by atoms with E-state index in [1.807, 2.05) is 6.07 Å². The average Bonchev–Trinajstić information content (AvgIpc) is 3.29. The van der Waals surface area contributed by atoms with Gasteiger partial charge in [-0.2, -0.15) is 13.2 Å². The number of halogens is 4. The number of hydrogen-bond donors (Lipinski definition) is 1. The second-order valence-corrected chi connectivity index (χ2v) is 10.1. The molecule has 0 aliphatic heterocycles. The highest BCUT2D eigenvalue weighted by atomic mass is 35.5. The van der Waals surface area contributed by atoms with E-state index in [0.717, 1.165) is 18.2 Å². The summed E-state index contributed by atoms with van der Waals surface area (Å²) < 4.78 is 47.3. The lowest BCUT2D eigenvalue weighted by Gasteiger charge is -2.15. The van der Waals surface area contributed by atoms with Crippen LogP contribution in [0.4, 0.5) is 13.2 Å². The summed E-state index contributed by atoms with van der Waals surface area (Å²) in [6, 6.07) is 9.71. The molecule has 0 aliphatic carbocycles. The minimum Gasteiger partial charge on any atom is -0.491 e. The van der Waals surface area contributed by atoms with Crippen molar-refractivity contribution >= 4 is 50.0 Å². The molecule has 2 aromatic carbocycles. The highest BCUT2D eigenvalue weighted by molar-refractivity contribution is 7.18. The quantitative estimate of drug-likeness (QED) is 0.242. The zero-order valence-electron chi connectivity index (χ0n) is 20.5. The van der Waals surface area contributed by atoms with Crippen molar-refractivity contribution in [3.8, 4) is 16.9 Å². The van der Waals surface area contributed by atoms with E-state index in [1.54, 1.807) is 32.0 Å². The first-order valence-corrected chi connectivity index (χ1v) is 12.8. The molecule has 1 N–H and O–H groups in total. The van der Waals surface area contributed by atoms with E-state index in [-0.39, 0.29) is 35.4 Å². The number of rotatable bonds is 6. The molecule has 3 heterocycles. The first-order valence-electron chi connectivity index (χ1n) is 11.6. The number of aromatic carboxylic acids is 1. The molecule has 0 amide bonds. The minimum absolute atomic E-state index is 0.0294. The molecular weight excluding hydrogens is 555 g/mol. The lowest BCUT2D eigenvalue weighted by molar-refractivity contribution is -0.137. The second-order valence-electron chi connectivity index (χ2n) is 8.78. The zero-order valence-corrected chi connectivity index (χ0v) is 22.0. The van der Waals surface area contributed by atoms with E-state index in [2.05, 4.69) is 9.97 Å². The van der Waals surface area contributed by atoms with Crippen LogP contribution < -0.4 is 10.3 Å². The van der Waals surface area contributed by atoms with Gasteiger partial charge in [0, 0.05) is 27.2 Å². The van der Waals surface area contributed by atoms with Gasteiger partial charge in [-0.05, 0) is 56.3 Å². The van der Waals surface area contributed by atoms with Gasteiger partial charge in [0.15, 0.2) is 0 Å². The van der Waals surface area contributed by atoms with Crippen LogP contribution >= 0.6 is 22.9 Å². The van der Waals surface area contributed by atoms with Gasteiger partial charge in [0.25, 0.3) is 5.56 Å². The topological polar surface area (TPSA) is 94.3 Å². The van der Waals surface area contributed by atoms with Gasteiger partial charge >= 0.3 is 12.1 Å². The molecule has 0 radical (unpaired) electrons. The number of benzene rings is 2. The van der Waals surface area contributed by atoms with Crippen LogP contribution in [0.2, 0.25) is 5.02 Å². The SMILES string of the molecule is Cc1cc(-c2cc(Cl)ccc2OCCn2c(C)nc3cc(C(F)(F)F)ccc3c2=O)c2scc(C(=O)O)c2n1. The summed E-state index contributed by atoms with van der Waals surface area (Å²) in [6.45, 7) is 3.43. The van der Waals surface area contributed by atoms with E-state index in [4.69, 9.17) is 16.3 Å². The largest absolute Gasteiger partial charge is 0.491 e. The Morgan fingerprint density at radius 3 is 2.59 bits per heavy atom. The van der Waals surface area contributed by atoms with Crippen molar-refractivity contribution in [1.29, 1.82) is 0 Å². The third-order valence-electron chi connectivity index (χ3n) is 6.16. The number of carboxylic acid groups (broad SMARTS) is 1. The highest BCUT2D eigenvalue weighted by Crippen LogP contribution is 2.40. The Labute approximate surface area is 228 Å². The van der Waals surface area contributed by atoms with Gasteiger partial charge in [0.1, 0.15) is 18.2 Å². The Hall–Kier alpha value is -3.96. The predicted octanol–water partition coefficient (Wildman–Crippen LogP) is 6.74. The van der Waals surface area contributed by atoms with Crippen molar-refractivity contribution in [2.45, 2.75) is 26.6 Å². The van der Waals surface area contributed by atoms with Gasteiger partial charge in [-0.25, -0.2) is 9.78 Å². The molecule has 39 heavy (non-hydrogen) atoms. The van der Waals surface area contributed by atoms with Crippen LogP contribution in [0.25, 0.3) is 32.2 Å². The molecule has 0 unspecified atom stereocenters. The number of alkyl halides is 3. The van der Waals surface area contributed by atoms with Crippen molar-refractivity contribution in [2.75, 3.05) is 6.61 Å². The van der Waals surface area contributed by atoms with Crippen LogP contribution in [0.5, 0.6) is 5.75 Å². The Balaban J connectivity index is 1.47. The van der Waals surface area contributed by atoms with Gasteiger partial charge in [-0.15, -0.1) is 11.3 Å². The monoisotopic (exact) mass is 573 g/mol. The number of aryl methyl sites for hydroxylation is 2. The number of thiophene rings is 1. The van der Waals surface area contributed by atoms with Crippen molar-refractivity contribution < 1.29 is 27.8 Å². The fraction of sp³-hybridized carbons (Fsp3) is 0.185. The number of fused-ring (bicyclic) bond motifs is 2. The van der Waals surface area contributed by atoms with Crippen LogP contribution in [-0.2, 0) is 12.7 Å². The van der Waals surface area contributed by atoms with Gasteiger partial charge < -0.3 is 9.84 Å². The molecule has 12 heteroatoms. The average molecular weight is 574 g/mol. The maximum atomic E-state index is 13.1. The van der Waals surface area contributed by atoms with Crippen molar-refractivity contribution in [3.63, 3.8) is 0 Å². The fourth-order valence-corrected chi connectivity index (χ4v) is 5.53. The summed E-state index contributed by atoms with van der Waals surface area (Å²) in [7, 11) is 0. The highest BCUT2D eigenvalue weighted by Gasteiger charge is 2.31. The summed E-state index contributed by atoms with van der Waals surface area (Å²) in [5.74, 6) is -0.379. The normalized spacial score (nSPS) is 11.8. The van der Waals surface area contributed by atoms with Crippen LogP contribution in [0.15, 0.2) is 52.6 Å². The van der Waals surface area contributed by atoms with Gasteiger partial charge in [-0.3, -0.25) is 14.3 Å². The third kappa shape index (κ3) is 5.07. The van der Waals surface area contributed by atoms with Crippen LogP contribution in [0, 0.1) is 13.8 Å². The number of aromatic nitrogens is 3. The van der Waals surface area contributed by atoms with Crippen LogP contribution in [0.1, 0.15) is 27.4 Å². The van der Waals surface area contributed by atoms with Crippen molar-refractivity contribution in [3.05, 3.63) is 85.9 Å². The summed E-state index contributed by atoms with van der Waals surface area (Å²) in [6.07, 6.45) is -4.54. The summed E-state index contributed by atoms with van der Waals surface area (Å²) in [5, 5.41) is 11.6. The Morgan fingerprint density at radius 1 is 1.10 bits per heavy atom. The lowest BCUT2D eigenvalue weighted by Crippen LogP contribution is -2.26. The molecule has 0 fully saturated rings. The fourth-order valence-electron chi connectivity index (χ4n) is 4.35. The maximum absolute atomic E-state index is 13.1. The Bertz CT molecular complexity index is 1830. The lowest BCUT2D eigenvalue weighted by atomic mass is 10.0. The van der Waals surface area contributed by atoms with Crippen LogP contribution in [0.3, 0.4) is 0 Å². The number of pyridine rings is 1. The minimum atomic E-state index is -4.54. The smallest absolute Gasteiger partial charge is 0.416 e. The first-order chi connectivity index (χ1) is 18.4. The molecule has 200 valence electrons. The summed E-state index contributed by atoms with van der Waals surface area (Å²) >= 11 is 7.54. The van der Waals surface area contributed by atoms with Gasteiger partial charge in [-0.1, -0.05) is 11.6 Å². The Morgan fingerprint density at radius 2 is 1.87 bits per heavy atom. The summed E-state index contributed by atoms with van der Waals surface area (Å²) in [4.78, 5) is 33.3. The van der Waals surface area contributed by atoms with Gasteiger partial charge in [0.2, 0.25) is 0 Å². The van der Waals surface area contributed by atoms with E-state index in [1.165, 1.54) is 21.3 Å². The second kappa shape index (κ2) is 9.97. The predicted molar refractivity (Wildman–Crippen MR) is 143 cm³/mol.